The van der Waals surface area contributed by atoms with Crippen molar-refractivity contribution in [2.45, 2.75) is 48.3 Å². The molecule has 1 atom stereocenters. The summed E-state index contributed by atoms with van der Waals surface area (Å²) in [4.78, 5) is 18.7. The fourth-order valence-corrected chi connectivity index (χ4v) is 5.42. The van der Waals surface area contributed by atoms with Gasteiger partial charge in [-0.25, -0.2) is 0 Å². The molecule has 2 aromatic rings. The van der Waals surface area contributed by atoms with E-state index in [4.69, 9.17) is 4.74 Å². The molecule has 2 fully saturated rings. The lowest BCUT2D eigenvalue weighted by Gasteiger charge is -2.40. The minimum atomic E-state index is -4.57. The van der Waals surface area contributed by atoms with Crippen molar-refractivity contribution >= 4 is 17.6 Å². The predicted molar refractivity (Wildman–Crippen MR) is 109 cm³/mol. The van der Waals surface area contributed by atoms with Crippen LogP contribution in [0.5, 0.6) is 0 Å². The van der Waals surface area contributed by atoms with E-state index < -0.39 is 11.9 Å². The van der Waals surface area contributed by atoms with Crippen molar-refractivity contribution in [3.05, 3.63) is 46.5 Å². The van der Waals surface area contributed by atoms with Gasteiger partial charge in [0.25, 0.3) is 5.56 Å². The van der Waals surface area contributed by atoms with Gasteiger partial charge in [0, 0.05) is 31.2 Å². The van der Waals surface area contributed by atoms with Gasteiger partial charge >= 0.3 is 6.18 Å². The van der Waals surface area contributed by atoms with Crippen LogP contribution in [0.15, 0.2) is 45.0 Å². The van der Waals surface area contributed by atoms with Gasteiger partial charge in [-0.15, -0.1) is 0 Å². The van der Waals surface area contributed by atoms with Crippen LogP contribution in [-0.2, 0) is 18.0 Å². The van der Waals surface area contributed by atoms with E-state index in [1.165, 1.54) is 16.7 Å². The Labute approximate surface area is 177 Å². The van der Waals surface area contributed by atoms with Gasteiger partial charge in [-0.1, -0.05) is 11.8 Å². The number of hydrogen-bond donors (Lipinski definition) is 0. The molecule has 0 bridgehead atoms. The van der Waals surface area contributed by atoms with E-state index in [1.807, 2.05) is 6.07 Å². The van der Waals surface area contributed by atoms with Gasteiger partial charge in [-0.2, -0.15) is 13.2 Å². The highest BCUT2D eigenvalue weighted by Gasteiger charge is 2.41. The molecule has 0 N–H and O–H groups in total. The van der Waals surface area contributed by atoms with Gasteiger partial charge in [0.2, 0.25) is 0 Å². The maximum atomic E-state index is 13.2. The minimum Gasteiger partial charge on any atom is -0.378 e. The van der Waals surface area contributed by atoms with Crippen LogP contribution in [0, 0.1) is 5.41 Å². The molecule has 4 rings (SSSR count). The third-order valence-electron chi connectivity index (χ3n) is 6.04. The third kappa shape index (κ3) is 4.09. The van der Waals surface area contributed by atoms with E-state index in [1.54, 1.807) is 13.1 Å². The summed E-state index contributed by atoms with van der Waals surface area (Å²) in [5.74, 6) is 0.786. The fourth-order valence-electron chi connectivity index (χ4n) is 4.41. The van der Waals surface area contributed by atoms with Gasteiger partial charge < -0.3 is 9.64 Å². The van der Waals surface area contributed by atoms with Crippen molar-refractivity contribution < 1.29 is 17.9 Å². The van der Waals surface area contributed by atoms with Crippen molar-refractivity contribution in [1.29, 1.82) is 0 Å². The summed E-state index contributed by atoms with van der Waals surface area (Å²) < 4.78 is 46.9. The smallest absolute Gasteiger partial charge is 0.378 e. The molecule has 0 amide bonds. The number of aromatic nitrogens is 2. The van der Waals surface area contributed by atoms with Crippen molar-refractivity contribution in [3.8, 4) is 0 Å². The fraction of sp³-hybridized carbons (Fsp3) is 0.524. The molecule has 2 aliphatic heterocycles. The van der Waals surface area contributed by atoms with Crippen molar-refractivity contribution in [2.24, 2.45) is 12.5 Å². The van der Waals surface area contributed by atoms with Crippen molar-refractivity contribution in [2.75, 3.05) is 24.6 Å². The van der Waals surface area contributed by atoms with Crippen molar-refractivity contribution in [1.82, 2.24) is 9.55 Å². The monoisotopic (exact) mass is 439 g/mol. The number of anilines is 1. The second-order valence-corrected chi connectivity index (χ2v) is 9.27. The summed E-state index contributed by atoms with van der Waals surface area (Å²) in [6.07, 6.45) is -0.0828. The van der Waals surface area contributed by atoms with E-state index in [-0.39, 0.29) is 20.8 Å². The molecule has 2 saturated heterocycles. The number of ether oxygens (including phenoxy) is 1. The van der Waals surface area contributed by atoms with Gasteiger partial charge in [-0.3, -0.25) is 14.3 Å². The Morgan fingerprint density at radius 1 is 1.20 bits per heavy atom. The number of halogens is 3. The van der Waals surface area contributed by atoms with Gasteiger partial charge in [0.05, 0.1) is 17.6 Å². The van der Waals surface area contributed by atoms with E-state index >= 15 is 0 Å². The minimum absolute atomic E-state index is 0.0786. The molecule has 2 aromatic heterocycles. The highest BCUT2D eigenvalue weighted by molar-refractivity contribution is 7.99. The van der Waals surface area contributed by atoms with Crippen molar-refractivity contribution in [3.63, 3.8) is 0 Å². The number of rotatable bonds is 3. The molecule has 5 nitrogen and oxygen atoms in total. The van der Waals surface area contributed by atoms with Crippen LogP contribution in [-0.4, -0.2) is 35.4 Å². The molecule has 0 unspecified atom stereocenters. The van der Waals surface area contributed by atoms with Crippen LogP contribution in [0.2, 0.25) is 0 Å². The lowest BCUT2D eigenvalue weighted by atomic mass is 9.77. The Morgan fingerprint density at radius 3 is 2.57 bits per heavy atom. The summed E-state index contributed by atoms with van der Waals surface area (Å²) >= 11 is 0.802. The Hall–Kier alpha value is -2.00. The molecule has 0 saturated carbocycles. The van der Waals surface area contributed by atoms with E-state index in [0.717, 1.165) is 62.7 Å². The maximum absolute atomic E-state index is 13.2. The van der Waals surface area contributed by atoms with Crippen LogP contribution in [0.4, 0.5) is 19.0 Å². The first kappa shape index (κ1) is 21.2. The molecule has 162 valence electrons. The molecule has 1 spiro atoms. The first-order valence-corrected chi connectivity index (χ1v) is 10.8. The largest absolute Gasteiger partial charge is 0.434 e. The average molecular weight is 440 g/mol. The molecule has 2 aliphatic rings. The van der Waals surface area contributed by atoms with Gasteiger partial charge in [-0.05, 0) is 55.9 Å². The quantitative estimate of drug-likeness (QED) is 0.712. The molecule has 0 radical (unpaired) electrons. The number of piperidine rings is 1. The summed E-state index contributed by atoms with van der Waals surface area (Å²) in [5.41, 5.74) is -1.05. The molecular formula is C21H24F3N3O2S. The number of hydrogen-bond acceptors (Lipinski definition) is 5. The first-order valence-electron chi connectivity index (χ1n) is 9.95. The third-order valence-corrected chi connectivity index (χ3v) is 7.12. The lowest BCUT2D eigenvalue weighted by Crippen LogP contribution is -2.42. The highest BCUT2D eigenvalue weighted by atomic mass is 32.2. The number of alkyl halides is 3. The van der Waals surface area contributed by atoms with E-state index in [9.17, 15) is 18.0 Å². The van der Waals surface area contributed by atoms with Crippen LogP contribution in [0.3, 0.4) is 0 Å². The average Bonchev–Trinajstić information content (AvgIpc) is 3.06. The Bertz CT molecular complexity index is 984. The zero-order valence-corrected chi connectivity index (χ0v) is 17.7. The molecule has 30 heavy (non-hydrogen) atoms. The Balaban J connectivity index is 1.54. The molecule has 0 aliphatic carbocycles. The molecule has 4 heterocycles. The summed E-state index contributed by atoms with van der Waals surface area (Å²) in [6, 6.07) is 6.20. The van der Waals surface area contributed by atoms with Crippen LogP contribution >= 0.6 is 11.8 Å². The van der Waals surface area contributed by atoms with Gasteiger partial charge in [0.1, 0.15) is 5.82 Å². The normalized spacial score (nSPS) is 21.4. The van der Waals surface area contributed by atoms with E-state index in [0.29, 0.717) is 6.10 Å². The van der Waals surface area contributed by atoms with Crippen LogP contribution in [0.1, 0.15) is 31.9 Å². The summed E-state index contributed by atoms with van der Waals surface area (Å²) in [5, 5.41) is 0. The molecule has 9 heteroatoms. The summed E-state index contributed by atoms with van der Waals surface area (Å²) in [7, 11) is 1.67. The lowest BCUT2D eigenvalue weighted by molar-refractivity contribution is -0.143. The molecular weight excluding hydrogens is 415 g/mol. The summed E-state index contributed by atoms with van der Waals surface area (Å²) in [6.45, 7) is 4.56. The SMILES string of the molecule is C[C@H]1CC2(CCN(c3ccc(Sc4cccnc4C(F)(F)F)c(=O)n3C)CC2)CO1. The zero-order chi connectivity index (χ0) is 21.5. The number of pyridine rings is 2. The molecule has 0 aromatic carbocycles. The standard InChI is InChI=1S/C21H24F3N3O2S/c1-14-12-20(13-29-14)7-10-27(11-8-20)17-6-5-16(19(28)26(17)2)30-15-4-3-9-25-18(15)21(22,23)24/h3-6,9,14H,7-8,10-13H2,1-2H3/t14-/m0/s1. The zero-order valence-electron chi connectivity index (χ0n) is 16.9. The Kier molecular flexibility index (Phi) is 5.61. The van der Waals surface area contributed by atoms with Crippen LogP contribution in [0.25, 0.3) is 0 Å². The first-order chi connectivity index (χ1) is 14.2. The highest BCUT2D eigenvalue weighted by Crippen LogP contribution is 2.42. The van der Waals surface area contributed by atoms with E-state index in [2.05, 4.69) is 16.8 Å². The Morgan fingerprint density at radius 2 is 1.93 bits per heavy atom. The second-order valence-electron chi connectivity index (χ2n) is 8.18. The predicted octanol–water partition coefficient (Wildman–Crippen LogP) is 4.35. The maximum Gasteiger partial charge on any atom is 0.434 e. The second kappa shape index (κ2) is 7.92. The van der Waals surface area contributed by atoms with Gasteiger partial charge in [0.15, 0.2) is 5.69 Å². The number of nitrogens with zero attached hydrogens (tertiary/aromatic N) is 3. The van der Waals surface area contributed by atoms with Crippen LogP contribution < -0.4 is 10.5 Å². The topological polar surface area (TPSA) is 47.4 Å².